The molecule has 11 heteroatoms. The van der Waals surface area contributed by atoms with Gasteiger partial charge in [-0.15, -0.1) is 0 Å². The van der Waals surface area contributed by atoms with Crippen LogP contribution in [0.2, 0.25) is 0 Å². The highest BCUT2D eigenvalue weighted by atomic mass is 32.2. The van der Waals surface area contributed by atoms with E-state index in [4.69, 9.17) is 9.47 Å². The summed E-state index contributed by atoms with van der Waals surface area (Å²) in [5, 5.41) is -5.14. The van der Waals surface area contributed by atoms with Gasteiger partial charge >= 0.3 is 17.1 Å². The highest BCUT2D eigenvalue weighted by molar-refractivity contribution is 7.91. The van der Waals surface area contributed by atoms with Crippen molar-refractivity contribution in [2.45, 2.75) is 62.2 Å². The van der Waals surface area contributed by atoms with E-state index in [9.17, 15) is 35.6 Å². The molecule has 0 spiro atoms. The van der Waals surface area contributed by atoms with Gasteiger partial charge in [-0.2, -0.15) is 17.6 Å². The third-order valence-corrected chi connectivity index (χ3v) is 5.51. The van der Waals surface area contributed by atoms with Crippen molar-refractivity contribution in [1.29, 1.82) is 0 Å². The van der Waals surface area contributed by atoms with Gasteiger partial charge in [-0.3, -0.25) is 9.59 Å². The van der Waals surface area contributed by atoms with Crippen LogP contribution in [0.5, 0.6) is 0 Å². The van der Waals surface area contributed by atoms with Crippen molar-refractivity contribution in [2.24, 2.45) is 5.92 Å². The lowest BCUT2D eigenvalue weighted by Gasteiger charge is -2.26. The first-order valence-electron chi connectivity index (χ1n) is 8.13. The van der Waals surface area contributed by atoms with Crippen LogP contribution in [-0.2, 0) is 28.9 Å². The van der Waals surface area contributed by atoms with Gasteiger partial charge in [0.05, 0.1) is 12.5 Å². The zero-order valence-corrected chi connectivity index (χ0v) is 15.1. The smallest absolute Gasteiger partial charge is 0.406 e. The molecule has 6 nitrogen and oxygen atoms in total. The number of sulfone groups is 1. The Balaban J connectivity index is 2.30. The lowest BCUT2D eigenvalue weighted by Crippen LogP contribution is -2.46. The van der Waals surface area contributed by atoms with Crippen LogP contribution in [0.25, 0.3) is 0 Å². The zero-order chi connectivity index (χ0) is 20.0. The van der Waals surface area contributed by atoms with Crippen LogP contribution in [0.4, 0.5) is 17.6 Å². The van der Waals surface area contributed by atoms with E-state index in [1.165, 1.54) is 0 Å². The summed E-state index contributed by atoms with van der Waals surface area (Å²) in [6, 6.07) is 0. The summed E-state index contributed by atoms with van der Waals surface area (Å²) in [7, 11) is -5.24. The summed E-state index contributed by atoms with van der Waals surface area (Å²) < 4.78 is 84.6. The van der Waals surface area contributed by atoms with Crippen molar-refractivity contribution in [2.75, 3.05) is 12.9 Å². The maximum atomic E-state index is 13.4. The first kappa shape index (κ1) is 22.7. The molecule has 0 saturated heterocycles. The molecular weight excluding hydrogens is 384 g/mol. The summed E-state index contributed by atoms with van der Waals surface area (Å²) in [6.07, 6.45) is -0.0510. The third kappa shape index (κ3) is 5.82. The third-order valence-electron chi connectivity index (χ3n) is 4.28. The van der Waals surface area contributed by atoms with E-state index in [0.717, 1.165) is 0 Å². The van der Waals surface area contributed by atoms with Crippen molar-refractivity contribution < 1.29 is 45.0 Å². The summed E-state index contributed by atoms with van der Waals surface area (Å²) in [5.74, 6) is -5.58. The number of hydrogen-bond acceptors (Lipinski definition) is 6. The minimum atomic E-state index is -5.24. The van der Waals surface area contributed by atoms with Crippen molar-refractivity contribution in [1.82, 2.24) is 0 Å². The van der Waals surface area contributed by atoms with Crippen molar-refractivity contribution >= 4 is 22.3 Å². The number of carbonyl (C=O) groups excluding carboxylic acids is 2. The van der Waals surface area contributed by atoms with Crippen LogP contribution in [0.3, 0.4) is 0 Å². The Labute approximate surface area is 149 Å². The molecule has 1 aliphatic rings. The van der Waals surface area contributed by atoms with E-state index in [0.29, 0.717) is 32.2 Å². The molecule has 0 aromatic carbocycles. The average Bonchev–Trinajstić information content (AvgIpc) is 2.54. The summed E-state index contributed by atoms with van der Waals surface area (Å²) in [5.41, 5.74) is 0. The highest BCUT2D eigenvalue weighted by Gasteiger charge is 2.62. The first-order valence-corrected chi connectivity index (χ1v) is 10.0. The zero-order valence-electron chi connectivity index (χ0n) is 14.3. The second kappa shape index (κ2) is 9.01. The fraction of sp³-hybridized carbons (Fsp3) is 0.867. The average molecular weight is 406 g/mol. The van der Waals surface area contributed by atoms with E-state index in [1.807, 2.05) is 0 Å². The minimum absolute atomic E-state index is 0.0531. The highest BCUT2D eigenvalue weighted by Crippen LogP contribution is 2.41. The Hall–Kier alpha value is -1.39. The van der Waals surface area contributed by atoms with Gasteiger partial charge in [0.15, 0.2) is 0 Å². The molecule has 0 N–H and O–H groups in total. The predicted molar refractivity (Wildman–Crippen MR) is 82.4 cm³/mol. The molecule has 1 aliphatic carbocycles. The molecule has 0 heterocycles. The van der Waals surface area contributed by atoms with E-state index in [2.05, 4.69) is 0 Å². The molecule has 0 unspecified atom stereocenters. The molecular formula is C15H22F4O6S. The molecule has 0 bridgehead atoms. The molecule has 0 atom stereocenters. The molecule has 26 heavy (non-hydrogen) atoms. The van der Waals surface area contributed by atoms with Crippen molar-refractivity contribution in [3.05, 3.63) is 0 Å². The summed E-state index contributed by atoms with van der Waals surface area (Å²) in [4.78, 5) is 22.1. The number of unbranched alkanes of at least 4 members (excludes halogenated alkanes) is 1. The van der Waals surface area contributed by atoms with Crippen LogP contribution in [0, 0.1) is 5.92 Å². The van der Waals surface area contributed by atoms with Crippen LogP contribution in [0.1, 0.15) is 44.9 Å². The second-order valence-electron chi connectivity index (χ2n) is 6.32. The van der Waals surface area contributed by atoms with Crippen LogP contribution in [0.15, 0.2) is 0 Å². The largest absolute Gasteiger partial charge is 0.465 e. The van der Waals surface area contributed by atoms with Gasteiger partial charge in [0.1, 0.15) is 6.10 Å². The van der Waals surface area contributed by atoms with E-state index < -0.39 is 39.8 Å². The first-order chi connectivity index (χ1) is 11.9. The number of halogens is 4. The van der Waals surface area contributed by atoms with Crippen LogP contribution in [-0.4, -0.2) is 51.0 Å². The number of esters is 1. The SMILES string of the molecule is CS(=O)(=O)C(F)(F)C(F)(F)CCCCOC(=O)C1CCC(OC=O)CC1. The maximum Gasteiger partial charge on any atom is 0.406 e. The van der Waals surface area contributed by atoms with Gasteiger partial charge in [-0.25, -0.2) is 8.42 Å². The van der Waals surface area contributed by atoms with Crippen molar-refractivity contribution in [3.8, 4) is 0 Å². The second-order valence-corrected chi connectivity index (χ2v) is 8.38. The van der Waals surface area contributed by atoms with Gasteiger partial charge in [0.2, 0.25) is 9.84 Å². The molecule has 0 radical (unpaired) electrons. The van der Waals surface area contributed by atoms with Gasteiger partial charge in [-0.1, -0.05) is 0 Å². The quantitative estimate of drug-likeness (QED) is 0.240. The Morgan fingerprint density at radius 1 is 1.12 bits per heavy atom. The standard InChI is InChI=1S/C15H22F4O6S/c1-26(22,23)15(18,19)14(16,17)8-2-3-9-24-13(21)11-4-6-12(7-5-11)25-10-20/h10-12H,2-9H2,1H3. The summed E-state index contributed by atoms with van der Waals surface area (Å²) in [6.45, 7) is 0.135. The molecule has 0 aliphatic heterocycles. The monoisotopic (exact) mass is 406 g/mol. The summed E-state index contributed by atoms with van der Waals surface area (Å²) >= 11 is 0. The van der Waals surface area contributed by atoms with Crippen LogP contribution < -0.4 is 0 Å². The lowest BCUT2D eigenvalue weighted by molar-refractivity contribution is -0.162. The number of rotatable bonds is 10. The van der Waals surface area contributed by atoms with E-state index >= 15 is 0 Å². The number of carbonyl (C=O) groups is 2. The fourth-order valence-corrected chi connectivity index (χ4v) is 3.31. The van der Waals surface area contributed by atoms with Gasteiger partial charge in [-0.05, 0) is 38.5 Å². The maximum absolute atomic E-state index is 13.4. The topological polar surface area (TPSA) is 86.7 Å². The Morgan fingerprint density at radius 2 is 1.69 bits per heavy atom. The minimum Gasteiger partial charge on any atom is -0.465 e. The Morgan fingerprint density at radius 3 is 2.19 bits per heavy atom. The molecule has 0 amide bonds. The number of hydrogen-bond donors (Lipinski definition) is 0. The van der Waals surface area contributed by atoms with E-state index in [-0.39, 0.29) is 31.3 Å². The Kier molecular flexibility index (Phi) is 7.85. The number of alkyl halides is 4. The molecule has 0 aromatic rings. The normalized spacial score (nSPS) is 21.9. The number of ether oxygens (including phenoxy) is 2. The predicted octanol–water partition coefficient (Wildman–Crippen LogP) is 2.70. The lowest BCUT2D eigenvalue weighted by atomic mass is 9.87. The molecule has 1 saturated carbocycles. The Bertz CT molecular complexity index is 585. The molecule has 152 valence electrons. The van der Waals surface area contributed by atoms with Gasteiger partial charge < -0.3 is 9.47 Å². The van der Waals surface area contributed by atoms with Crippen LogP contribution >= 0.6 is 0 Å². The fourth-order valence-electron chi connectivity index (χ4n) is 2.67. The van der Waals surface area contributed by atoms with Gasteiger partial charge in [0.25, 0.3) is 6.47 Å². The molecule has 1 rings (SSSR count). The van der Waals surface area contributed by atoms with Gasteiger partial charge in [0, 0.05) is 12.7 Å². The molecule has 1 fully saturated rings. The molecule has 0 aromatic heterocycles. The van der Waals surface area contributed by atoms with E-state index in [1.54, 1.807) is 0 Å². The van der Waals surface area contributed by atoms with Crippen molar-refractivity contribution in [3.63, 3.8) is 0 Å².